The lowest BCUT2D eigenvalue weighted by atomic mass is 10.1. The lowest BCUT2D eigenvalue weighted by molar-refractivity contribution is -0.171. The van der Waals surface area contributed by atoms with Gasteiger partial charge in [-0.1, -0.05) is 25.5 Å². The molecular weight excluding hydrogens is 190 g/mol. The van der Waals surface area contributed by atoms with Gasteiger partial charge in [-0.15, -0.1) is 0 Å². The topological polar surface area (TPSA) is 29.5 Å². The Hall–Kier alpha value is -0.830. The SMILES string of the molecule is CON(C)C(=O)C1C(C=C(C)C)C1(C)C. The Kier molecular flexibility index (Phi) is 3.24. The molecule has 2 atom stereocenters. The summed E-state index contributed by atoms with van der Waals surface area (Å²) in [5.41, 5.74) is 1.34. The van der Waals surface area contributed by atoms with Gasteiger partial charge in [0.05, 0.1) is 13.0 Å². The second-order valence-corrected chi connectivity index (χ2v) is 5.09. The average molecular weight is 211 g/mol. The number of hydroxylamine groups is 2. The zero-order chi connectivity index (χ0) is 11.8. The van der Waals surface area contributed by atoms with Crippen LogP contribution in [-0.4, -0.2) is 25.1 Å². The summed E-state index contributed by atoms with van der Waals surface area (Å²) in [6, 6.07) is 0. The van der Waals surface area contributed by atoms with Crippen molar-refractivity contribution in [3.63, 3.8) is 0 Å². The van der Waals surface area contributed by atoms with Crippen molar-refractivity contribution in [1.29, 1.82) is 0 Å². The van der Waals surface area contributed by atoms with E-state index in [1.807, 2.05) is 0 Å². The van der Waals surface area contributed by atoms with Crippen LogP contribution in [-0.2, 0) is 9.63 Å². The minimum absolute atomic E-state index is 0.0670. The van der Waals surface area contributed by atoms with Crippen molar-refractivity contribution < 1.29 is 9.63 Å². The van der Waals surface area contributed by atoms with Gasteiger partial charge in [0.25, 0.3) is 0 Å². The largest absolute Gasteiger partial charge is 0.275 e. The van der Waals surface area contributed by atoms with E-state index >= 15 is 0 Å². The molecule has 0 aromatic heterocycles. The lowest BCUT2D eigenvalue weighted by Gasteiger charge is -2.14. The van der Waals surface area contributed by atoms with Crippen LogP contribution in [0.2, 0.25) is 0 Å². The molecular formula is C12H21NO2. The number of allylic oxidation sites excluding steroid dienone is 2. The number of nitrogens with zero attached hydrogens (tertiary/aromatic N) is 1. The maximum absolute atomic E-state index is 11.9. The van der Waals surface area contributed by atoms with E-state index in [1.54, 1.807) is 7.05 Å². The highest BCUT2D eigenvalue weighted by Crippen LogP contribution is 2.59. The van der Waals surface area contributed by atoms with Crippen molar-refractivity contribution in [1.82, 2.24) is 5.06 Å². The fourth-order valence-corrected chi connectivity index (χ4v) is 2.11. The van der Waals surface area contributed by atoms with Crippen molar-refractivity contribution in [2.24, 2.45) is 17.3 Å². The number of carbonyl (C=O) groups excluding carboxylic acids is 1. The molecule has 3 heteroatoms. The van der Waals surface area contributed by atoms with Crippen molar-refractivity contribution >= 4 is 5.91 Å². The van der Waals surface area contributed by atoms with Gasteiger partial charge in [0.2, 0.25) is 5.91 Å². The zero-order valence-electron chi connectivity index (χ0n) is 10.5. The van der Waals surface area contributed by atoms with E-state index in [9.17, 15) is 4.79 Å². The molecule has 15 heavy (non-hydrogen) atoms. The average Bonchev–Trinajstić information content (AvgIpc) is 2.65. The van der Waals surface area contributed by atoms with Crippen LogP contribution in [0, 0.1) is 17.3 Å². The van der Waals surface area contributed by atoms with Crippen LogP contribution in [0.4, 0.5) is 0 Å². The fourth-order valence-electron chi connectivity index (χ4n) is 2.11. The third kappa shape index (κ3) is 2.23. The van der Waals surface area contributed by atoms with E-state index in [0.717, 1.165) is 0 Å². The molecule has 0 heterocycles. The number of amides is 1. The first-order chi connectivity index (χ1) is 6.82. The molecule has 1 rings (SSSR count). The van der Waals surface area contributed by atoms with E-state index in [-0.39, 0.29) is 17.2 Å². The predicted molar refractivity (Wildman–Crippen MR) is 60.0 cm³/mol. The van der Waals surface area contributed by atoms with E-state index in [2.05, 4.69) is 33.8 Å². The van der Waals surface area contributed by atoms with Crippen molar-refractivity contribution in [3.8, 4) is 0 Å². The Labute approximate surface area is 92.0 Å². The Morgan fingerprint density at radius 3 is 2.33 bits per heavy atom. The molecule has 2 unspecified atom stereocenters. The van der Waals surface area contributed by atoms with Gasteiger partial charge in [-0.05, 0) is 25.2 Å². The van der Waals surface area contributed by atoms with E-state index < -0.39 is 0 Å². The molecule has 1 amide bonds. The fraction of sp³-hybridized carbons (Fsp3) is 0.750. The first-order valence-electron chi connectivity index (χ1n) is 5.29. The van der Waals surface area contributed by atoms with Crippen LogP contribution < -0.4 is 0 Å². The first-order valence-corrected chi connectivity index (χ1v) is 5.29. The van der Waals surface area contributed by atoms with Crippen molar-refractivity contribution in [2.45, 2.75) is 27.7 Å². The van der Waals surface area contributed by atoms with Gasteiger partial charge in [-0.25, -0.2) is 5.06 Å². The summed E-state index contributed by atoms with van der Waals surface area (Å²) in [6.45, 7) is 8.39. The maximum Gasteiger partial charge on any atom is 0.250 e. The predicted octanol–water partition coefficient (Wildman–Crippen LogP) is 2.24. The van der Waals surface area contributed by atoms with Gasteiger partial charge in [0.15, 0.2) is 0 Å². The van der Waals surface area contributed by atoms with Gasteiger partial charge < -0.3 is 0 Å². The highest BCUT2D eigenvalue weighted by molar-refractivity contribution is 5.82. The normalized spacial score (nSPS) is 27.1. The molecule has 0 N–H and O–H groups in total. The third-order valence-electron chi connectivity index (χ3n) is 3.27. The molecule has 0 saturated heterocycles. The van der Waals surface area contributed by atoms with Crippen LogP contribution in [0.5, 0.6) is 0 Å². The monoisotopic (exact) mass is 211 g/mol. The summed E-state index contributed by atoms with van der Waals surface area (Å²) in [7, 11) is 3.18. The van der Waals surface area contributed by atoms with Gasteiger partial charge in [0.1, 0.15) is 0 Å². The molecule has 3 nitrogen and oxygen atoms in total. The van der Waals surface area contributed by atoms with Gasteiger partial charge in [0, 0.05) is 7.05 Å². The summed E-state index contributed by atoms with van der Waals surface area (Å²) < 4.78 is 0. The number of hydrogen-bond donors (Lipinski definition) is 0. The molecule has 1 fully saturated rings. The molecule has 1 saturated carbocycles. The molecule has 1 aliphatic rings. The maximum atomic E-state index is 11.9. The third-order valence-corrected chi connectivity index (χ3v) is 3.27. The Balaban J connectivity index is 2.74. The second kappa shape index (κ2) is 3.97. The summed E-state index contributed by atoms with van der Waals surface area (Å²) in [6.07, 6.45) is 2.19. The minimum Gasteiger partial charge on any atom is -0.275 e. The summed E-state index contributed by atoms with van der Waals surface area (Å²) >= 11 is 0. The van der Waals surface area contributed by atoms with Gasteiger partial charge in [-0.3, -0.25) is 9.63 Å². The second-order valence-electron chi connectivity index (χ2n) is 5.09. The Bertz CT molecular complexity index is 290. The highest BCUT2D eigenvalue weighted by atomic mass is 16.7. The highest BCUT2D eigenvalue weighted by Gasteiger charge is 2.61. The summed E-state index contributed by atoms with van der Waals surface area (Å²) in [4.78, 5) is 16.8. The molecule has 86 valence electrons. The van der Waals surface area contributed by atoms with E-state index in [0.29, 0.717) is 5.92 Å². The molecule has 1 aliphatic carbocycles. The van der Waals surface area contributed by atoms with Crippen LogP contribution >= 0.6 is 0 Å². The Morgan fingerprint density at radius 1 is 1.40 bits per heavy atom. The smallest absolute Gasteiger partial charge is 0.250 e. The van der Waals surface area contributed by atoms with Gasteiger partial charge in [-0.2, -0.15) is 0 Å². The lowest BCUT2D eigenvalue weighted by Crippen LogP contribution is -2.28. The molecule has 0 aromatic rings. The number of rotatable bonds is 3. The van der Waals surface area contributed by atoms with Crippen molar-refractivity contribution in [3.05, 3.63) is 11.6 Å². The van der Waals surface area contributed by atoms with Crippen molar-refractivity contribution in [2.75, 3.05) is 14.2 Å². The number of carbonyl (C=O) groups is 1. The standard InChI is InChI=1S/C12H21NO2/c1-8(2)7-9-10(12(9,3)4)11(14)13(5)15-6/h7,9-10H,1-6H3. The van der Waals surface area contributed by atoms with Crippen LogP contribution in [0.25, 0.3) is 0 Å². The Morgan fingerprint density at radius 2 is 1.93 bits per heavy atom. The number of hydrogen-bond acceptors (Lipinski definition) is 2. The minimum atomic E-state index is 0.0670. The molecule has 0 bridgehead atoms. The molecule has 0 aliphatic heterocycles. The molecule has 0 spiro atoms. The van der Waals surface area contributed by atoms with E-state index in [4.69, 9.17) is 4.84 Å². The summed E-state index contributed by atoms with van der Waals surface area (Å²) in [5.74, 6) is 0.495. The molecule has 0 aromatic carbocycles. The summed E-state index contributed by atoms with van der Waals surface area (Å²) in [5, 5.41) is 1.32. The first kappa shape index (κ1) is 12.2. The van der Waals surface area contributed by atoms with Crippen LogP contribution in [0.1, 0.15) is 27.7 Å². The van der Waals surface area contributed by atoms with Gasteiger partial charge >= 0.3 is 0 Å². The zero-order valence-corrected chi connectivity index (χ0v) is 10.5. The molecule has 0 radical (unpaired) electrons. The van der Waals surface area contributed by atoms with Crippen LogP contribution in [0.3, 0.4) is 0 Å². The van der Waals surface area contributed by atoms with Crippen LogP contribution in [0.15, 0.2) is 11.6 Å². The quantitative estimate of drug-likeness (QED) is 0.529. The van der Waals surface area contributed by atoms with E-state index in [1.165, 1.54) is 17.7 Å².